The molecule has 190 valence electrons. The third-order valence-electron chi connectivity index (χ3n) is 5.41. The molecule has 0 heterocycles. The number of halogens is 2. The van der Waals surface area contributed by atoms with E-state index in [-0.39, 0.29) is 51.5 Å². The van der Waals surface area contributed by atoms with Crippen molar-refractivity contribution in [2.75, 3.05) is 12.4 Å². The Balaban J connectivity index is 0.00000400. The van der Waals surface area contributed by atoms with E-state index in [0.717, 1.165) is 6.07 Å². The SMILES string of the molecule is COc1cc(Cl)ccc1NC(=O)c1cc2ccccc2c(N=Nc2cc(C)c(Cl)cc2S(=O)(=O)O)c1[O-].[Na+]. The van der Waals surface area contributed by atoms with Gasteiger partial charge in [-0.25, -0.2) is 0 Å². The van der Waals surface area contributed by atoms with Crippen LogP contribution < -0.4 is 44.7 Å². The van der Waals surface area contributed by atoms with Crippen LogP contribution in [0.4, 0.5) is 17.1 Å². The molecule has 0 saturated carbocycles. The van der Waals surface area contributed by atoms with Gasteiger partial charge in [0, 0.05) is 27.1 Å². The molecule has 4 aromatic rings. The Bertz CT molecular complexity index is 1700. The van der Waals surface area contributed by atoms with Crippen molar-refractivity contribution < 1.29 is 57.2 Å². The number of nitrogens with zero attached hydrogens (tertiary/aromatic N) is 2. The number of rotatable bonds is 6. The van der Waals surface area contributed by atoms with Crippen molar-refractivity contribution >= 4 is 67.1 Å². The van der Waals surface area contributed by atoms with Gasteiger partial charge in [-0.1, -0.05) is 53.2 Å². The molecule has 9 nitrogen and oxygen atoms in total. The van der Waals surface area contributed by atoms with Crippen molar-refractivity contribution in [2.24, 2.45) is 10.2 Å². The maximum Gasteiger partial charge on any atom is 1.00 e. The van der Waals surface area contributed by atoms with Gasteiger partial charge >= 0.3 is 29.6 Å². The molecule has 4 rings (SSSR count). The largest absolute Gasteiger partial charge is 1.00 e. The number of carbonyl (C=O) groups is 1. The summed E-state index contributed by atoms with van der Waals surface area (Å²) in [6.45, 7) is 1.61. The molecule has 0 aromatic heterocycles. The number of hydrogen-bond donors (Lipinski definition) is 2. The summed E-state index contributed by atoms with van der Waals surface area (Å²) in [7, 11) is -3.29. The summed E-state index contributed by atoms with van der Waals surface area (Å²) in [6.07, 6.45) is 0. The summed E-state index contributed by atoms with van der Waals surface area (Å²) < 4.78 is 38.6. The Morgan fingerprint density at radius 1 is 1.05 bits per heavy atom. The van der Waals surface area contributed by atoms with Crippen molar-refractivity contribution in [2.45, 2.75) is 11.8 Å². The Morgan fingerprint density at radius 3 is 2.45 bits per heavy atom. The van der Waals surface area contributed by atoms with Crippen LogP contribution in [0.1, 0.15) is 15.9 Å². The molecule has 4 aromatic carbocycles. The monoisotopic (exact) mass is 581 g/mol. The van der Waals surface area contributed by atoms with Gasteiger partial charge < -0.3 is 15.2 Å². The fourth-order valence-corrected chi connectivity index (χ4v) is 4.59. The van der Waals surface area contributed by atoms with E-state index in [0.29, 0.717) is 32.8 Å². The number of azo groups is 1. The van der Waals surface area contributed by atoms with Crippen LogP contribution in [0.15, 0.2) is 75.8 Å². The van der Waals surface area contributed by atoms with Crippen LogP contribution in [0.5, 0.6) is 11.5 Å². The van der Waals surface area contributed by atoms with E-state index >= 15 is 0 Å². The minimum atomic E-state index is -4.70. The van der Waals surface area contributed by atoms with E-state index in [2.05, 4.69) is 15.5 Å². The van der Waals surface area contributed by atoms with Crippen LogP contribution in [0.2, 0.25) is 10.0 Å². The third kappa shape index (κ3) is 6.29. The van der Waals surface area contributed by atoms with Crippen molar-refractivity contribution in [3.63, 3.8) is 0 Å². The molecule has 0 aliphatic carbocycles. The predicted octanol–water partition coefficient (Wildman–Crippen LogP) is 3.46. The van der Waals surface area contributed by atoms with Gasteiger partial charge in [0.2, 0.25) is 0 Å². The van der Waals surface area contributed by atoms with Gasteiger partial charge in [-0.15, -0.1) is 5.11 Å². The van der Waals surface area contributed by atoms with Gasteiger partial charge in [0.15, 0.2) is 0 Å². The van der Waals surface area contributed by atoms with Gasteiger partial charge in [0.1, 0.15) is 16.3 Å². The average Bonchev–Trinajstić information content (AvgIpc) is 2.85. The van der Waals surface area contributed by atoms with E-state index in [1.165, 1.54) is 31.4 Å². The number of anilines is 1. The van der Waals surface area contributed by atoms with Crippen molar-refractivity contribution in [1.82, 2.24) is 0 Å². The zero-order valence-electron chi connectivity index (χ0n) is 20.3. The number of ether oxygens (including phenoxy) is 1. The molecular weight excluding hydrogens is 564 g/mol. The Labute approximate surface area is 250 Å². The van der Waals surface area contributed by atoms with Crippen LogP contribution in [0.3, 0.4) is 0 Å². The smallest absolute Gasteiger partial charge is 0.870 e. The topological polar surface area (TPSA) is 140 Å². The molecule has 0 atom stereocenters. The maximum atomic E-state index is 13.4. The zero-order chi connectivity index (χ0) is 26.9. The summed E-state index contributed by atoms with van der Waals surface area (Å²) in [5.41, 5.74) is 0.114. The van der Waals surface area contributed by atoms with E-state index in [1.807, 2.05) is 0 Å². The first-order chi connectivity index (χ1) is 17.5. The zero-order valence-corrected chi connectivity index (χ0v) is 24.6. The molecule has 0 spiro atoms. The summed E-state index contributed by atoms with van der Waals surface area (Å²) in [4.78, 5) is 12.6. The van der Waals surface area contributed by atoms with E-state index in [4.69, 9.17) is 27.9 Å². The molecule has 0 aliphatic rings. The fraction of sp³-hybridized carbons (Fsp3) is 0.0800. The standard InChI is InChI=1S/C25H19Cl2N3O6S.Na/c1-13-9-20(22(12-18(13)27)37(33,34)35)29-30-23-16-6-4-3-5-14(16)10-17(24(23)31)25(32)28-19-8-7-15(26)11-21(19)36-2;/h3-12,31H,1-2H3,(H,28,32)(H,33,34,35);/q;+1/p-1. The quantitative estimate of drug-likeness (QED) is 0.203. The summed E-state index contributed by atoms with van der Waals surface area (Å²) >= 11 is 12.0. The number of carbonyl (C=O) groups excluding carboxylic acids is 1. The molecule has 0 radical (unpaired) electrons. The van der Waals surface area contributed by atoms with Gasteiger partial charge in [-0.2, -0.15) is 13.5 Å². The predicted molar refractivity (Wildman–Crippen MR) is 140 cm³/mol. The Hall–Kier alpha value is -2.70. The first kappa shape index (κ1) is 29.9. The van der Waals surface area contributed by atoms with Crippen molar-refractivity contribution in [1.29, 1.82) is 0 Å². The molecule has 0 aliphatic heterocycles. The second kappa shape index (κ2) is 12.0. The van der Waals surface area contributed by atoms with Gasteiger partial charge in [0.25, 0.3) is 16.0 Å². The number of hydrogen-bond acceptors (Lipinski definition) is 7. The molecule has 0 bridgehead atoms. The van der Waals surface area contributed by atoms with Gasteiger partial charge in [0.05, 0.1) is 18.5 Å². The van der Waals surface area contributed by atoms with Crippen LogP contribution in [-0.4, -0.2) is 26.0 Å². The molecule has 13 heteroatoms. The van der Waals surface area contributed by atoms with Crippen LogP contribution in [-0.2, 0) is 10.1 Å². The Morgan fingerprint density at radius 2 is 1.76 bits per heavy atom. The van der Waals surface area contributed by atoms with Gasteiger partial charge in [-0.3, -0.25) is 9.35 Å². The minimum Gasteiger partial charge on any atom is -0.870 e. The van der Waals surface area contributed by atoms with E-state index in [9.17, 15) is 22.9 Å². The van der Waals surface area contributed by atoms with Crippen molar-refractivity contribution in [3.05, 3.63) is 81.8 Å². The number of nitrogens with one attached hydrogen (secondary N) is 1. The number of methoxy groups -OCH3 is 1. The molecule has 0 saturated heterocycles. The molecular formula is C25H18Cl2N3NaO6S. The Kier molecular flexibility index (Phi) is 9.43. The average molecular weight is 582 g/mol. The number of fused-ring (bicyclic) bond motifs is 1. The molecule has 2 N–H and O–H groups in total. The molecule has 0 fully saturated rings. The van der Waals surface area contributed by atoms with Crippen LogP contribution in [0, 0.1) is 6.92 Å². The summed E-state index contributed by atoms with van der Waals surface area (Å²) in [6, 6.07) is 15.1. The number of benzene rings is 4. The second-order valence-electron chi connectivity index (χ2n) is 7.87. The first-order valence-electron chi connectivity index (χ1n) is 10.6. The minimum absolute atomic E-state index is 0. The second-order valence-corrected chi connectivity index (χ2v) is 10.1. The first-order valence-corrected chi connectivity index (χ1v) is 12.8. The van der Waals surface area contributed by atoms with E-state index in [1.54, 1.807) is 37.3 Å². The van der Waals surface area contributed by atoms with Crippen molar-refractivity contribution in [3.8, 4) is 11.5 Å². The fourth-order valence-electron chi connectivity index (χ4n) is 3.57. The summed E-state index contributed by atoms with van der Waals surface area (Å²) in [5, 5.41) is 25.4. The third-order valence-corrected chi connectivity index (χ3v) is 6.93. The van der Waals surface area contributed by atoms with Crippen LogP contribution in [0.25, 0.3) is 10.8 Å². The molecule has 38 heavy (non-hydrogen) atoms. The number of aryl methyl sites for hydroxylation is 1. The molecule has 0 unspecified atom stereocenters. The normalized spacial score (nSPS) is 11.4. The van der Waals surface area contributed by atoms with Gasteiger partial charge in [-0.05, 0) is 48.2 Å². The molecule has 1 amide bonds. The maximum absolute atomic E-state index is 13.4. The van der Waals surface area contributed by atoms with E-state index < -0.39 is 26.7 Å². The summed E-state index contributed by atoms with van der Waals surface area (Å²) in [5.74, 6) is -1.18. The number of amides is 1. The van der Waals surface area contributed by atoms with Crippen LogP contribution >= 0.6 is 23.2 Å².